The molecule has 9 nitrogen and oxygen atoms in total. The minimum atomic E-state index is -4.60. The number of carbonyl (C=O) groups is 2. The number of hydrogen-bond donors (Lipinski definition) is 1. The second-order valence-electron chi connectivity index (χ2n) is 10.4. The molecule has 216 valence electrons. The van der Waals surface area contributed by atoms with E-state index in [1.165, 1.54) is 29.8 Å². The molecule has 13 heteroatoms. The van der Waals surface area contributed by atoms with E-state index in [1.54, 1.807) is 30.9 Å². The first-order valence-corrected chi connectivity index (χ1v) is 13.1. The molecule has 1 N–H and O–H groups in total. The molecule has 4 heterocycles. The molecule has 41 heavy (non-hydrogen) atoms. The summed E-state index contributed by atoms with van der Waals surface area (Å²) in [5.41, 5.74) is 1.99. The maximum Gasteiger partial charge on any atom is 0.435 e. The lowest BCUT2D eigenvalue weighted by Gasteiger charge is -2.23. The summed E-state index contributed by atoms with van der Waals surface area (Å²) in [7, 11) is 0. The third-order valence-electron chi connectivity index (χ3n) is 7.43. The molecule has 0 aliphatic carbocycles. The van der Waals surface area contributed by atoms with E-state index in [-0.39, 0.29) is 35.4 Å². The van der Waals surface area contributed by atoms with Crippen molar-refractivity contribution in [3.05, 3.63) is 82.2 Å². The highest BCUT2D eigenvalue weighted by atomic mass is 19.4. The number of rotatable bonds is 7. The van der Waals surface area contributed by atoms with Gasteiger partial charge in [-0.05, 0) is 55.7 Å². The predicted molar refractivity (Wildman–Crippen MR) is 140 cm³/mol. The Morgan fingerprint density at radius 2 is 1.90 bits per heavy atom. The molecule has 5 rings (SSSR count). The van der Waals surface area contributed by atoms with E-state index in [4.69, 9.17) is 0 Å². The number of fused-ring (bicyclic) bond motifs is 1. The van der Waals surface area contributed by atoms with E-state index in [2.05, 4.69) is 25.5 Å². The number of aromatic nitrogens is 4. The zero-order valence-electron chi connectivity index (χ0n) is 22.7. The lowest BCUT2D eigenvalue weighted by molar-refractivity contribution is -0.141. The Bertz CT molecular complexity index is 1500. The smallest absolute Gasteiger partial charge is 0.349 e. The Morgan fingerprint density at radius 1 is 1.12 bits per heavy atom. The number of likely N-dealkylation sites (tertiary alicyclic amines) is 1. The van der Waals surface area contributed by atoms with Crippen LogP contribution in [0.1, 0.15) is 52.4 Å². The van der Waals surface area contributed by atoms with E-state index >= 15 is 0 Å². The van der Waals surface area contributed by atoms with Crippen molar-refractivity contribution < 1.29 is 27.2 Å². The molecule has 1 fully saturated rings. The van der Waals surface area contributed by atoms with Gasteiger partial charge < -0.3 is 10.2 Å². The number of carbonyl (C=O) groups excluding carboxylic acids is 2. The monoisotopic (exact) mass is 571 g/mol. The number of halogens is 4. The molecule has 0 spiro atoms. The first-order valence-electron chi connectivity index (χ1n) is 13.1. The molecule has 3 aromatic rings. The summed E-state index contributed by atoms with van der Waals surface area (Å²) in [6.45, 7) is 7.36. The van der Waals surface area contributed by atoms with Gasteiger partial charge >= 0.3 is 6.18 Å². The van der Waals surface area contributed by atoms with Crippen LogP contribution in [0.15, 0.2) is 48.2 Å². The molecule has 1 aromatic carbocycles. The van der Waals surface area contributed by atoms with Gasteiger partial charge in [-0.15, -0.1) is 10.2 Å². The van der Waals surface area contributed by atoms with Crippen molar-refractivity contribution in [1.82, 2.24) is 35.1 Å². The van der Waals surface area contributed by atoms with Gasteiger partial charge in [0, 0.05) is 45.2 Å². The maximum absolute atomic E-state index is 13.8. The molecule has 1 unspecified atom stereocenters. The fourth-order valence-corrected chi connectivity index (χ4v) is 5.51. The van der Waals surface area contributed by atoms with Crippen molar-refractivity contribution in [2.24, 2.45) is 5.92 Å². The quantitative estimate of drug-likeness (QED) is 0.431. The molecule has 2 aliphatic heterocycles. The predicted octanol–water partition coefficient (Wildman–Crippen LogP) is 3.98. The van der Waals surface area contributed by atoms with Crippen LogP contribution in [0.3, 0.4) is 0 Å². The number of hydrogen-bond acceptors (Lipinski definition) is 6. The highest BCUT2D eigenvalue weighted by Gasteiger charge is 2.37. The lowest BCUT2D eigenvalue weighted by atomic mass is 10.0. The van der Waals surface area contributed by atoms with Crippen molar-refractivity contribution in [3.63, 3.8) is 0 Å². The number of benzene rings is 1. The maximum atomic E-state index is 13.8. The molecule has 2 amide bonds. The first kappa shape index (κ1) is 28.4. The minimum absolute atomic E-state index is 0.0840. The van der Waals surface area contributed by atoms with Crippen LogP contribution in [0.2, 0.25) is 0 Å². The standard InChI is InChI=1S/C28H29F4N7O2/c1-16-26(17(2)39(36-16)25-8-7-24(34-35-25)28(30,31)32)27(41)38-14-20-12-37(13-21(20)15-38)10-9-23(33-18(3)40)19-5-4-6-22(29)11-19/h4-8,11,14,21,23H,9-10,12-13,15H2,1-3H3,(H,33,40)/t21?,23-/m0/s1. The molecule has 2 aromatic heterocycles. The van der Waals surface area contributed by atoms with E-state index in [0.717, 1.165) is 18.2 Å². The van der Waals surface area contributed by atoms with E-state index in [0.29, 0.717) is 48.6 Å². The van der Waals surface area contributed by atoms with Gasteiger partial charge in [-0.3, -0.25) is 14.5 Å². The van der Waals surface area contributed by atoms with Gasteiger partial charge in [0.2, 0.25) is 5.91 Å². The van der Waals surface area contributed by atoms with Crippen LogP contribution in [0.4, 0.5) is 17.6 Å². The Hall–Kier alpha value is -4.13. The normalized spacial score (nSPS) is 17.9. The summed E-state index contributed by atoms with van der Waals surface area (Å²) in [4.78, 5) is 29.1. The van der Waals surface area contributed by atoms with Gasteiger partial charge in [0.1, 0.15) is 5.82 Å². The van der Waals surface area contributed by atoms with Crippen molar-refractivity contribution in [3.8, 4) is 5.82 Å². The second kappa shape index (κ2) is 11.0. The Labute approximate surface area is 233 Å². The third kappa shape index (κ3) is 5.99. The van der Waals surface area contributed by atoms with Gasteiger partial charge in [0.05, 0.1) is 23.0 Å². The second-order valence-corrected chi connectivity index (χ2v) is 10.4. The Balaban J connectivity index is 1.25. The van der Waals surface area contributed by atoms with E-state index in [9.17, 15) is 27.2 Å². The van der Waals surface area contributed by atoms with Crippen LogP contribution < -0.4 is 5.32 Å². The van der Waals surface area contributed by atoms with E-state index in [1.807, 2.05) is 6.20 Å². The highest BCUT2D eigenvalue weighted by Crippen LogP contribution is 2.32. The number of amides is 2. The first-order chi connectivity index (χ1) is 19.4. The zero-order chi connectivity index (χ0) is 29.5. The van der Waals surface area contributed by atoms with Crippen molar-refractivity contribution in [1.29, 1.82) is 0 Å². The van der Waals surface area contributed by atoms with Crippen LogP contribution in [0, 0.1) is 25.6 Å². The SMILES string of the molecule is CC(=O)N[C@@H](CCN1CC2=CN(C(=O)c3c(C)nn(-c4ccc(C(F)(F)F)nn4)c3C)CC2C1)c1cccc(F)c1. The molecule has 0 bridgehead atoms. The number of alkyl halides is 3. The number of nitrogens with one attached hydrogen (secondary N) is 1. The van der Waals surface area contributed by atoms with Crippen LogP contribution in [0.5, 0.6) is 0 Å². The topological polar surface area (TPSA) is 96.2 Å². The summed E-state index contributed by atoms with van der Waals surface area (Å²) in [6, 6.07) is 7.91. The average molecular weight is 572 g/mol. The highest BCUT2D eigenvalue weighted by molar-refractivity contribution is 5.97. The largest absolute Gasteiger partial charge is 0.435 e. The summed E-state index contributed by atoms with van der Waals surface area (Å²) >= 11 is 0. The summed E-state index contributed by atoms with van der Waals surface area (Å²) in [5, 5.41) is 14.2. The van der Waals surface area contributed by atoms with Crippen molar-refractivity contribution in [2.45, 2.75) is 39.4 Å². The van der Waals surface area contributed by atoms with Crippen LogP contribution in [-0.2, 0) is 11.0 Å². The lowest BCUT2D eigenvalue weighted by Crippen LogP contribution is -2.33. The average Bonchev–Trinajstić information content (AvgIpc) is 3.57. The van der Waals surface area contributed by atoms with Gasteiger partial charge in [-0.25, -0.2) is 9.07 Å². The van der Waals surface area contributed by atoms with Gasteiger partial charge in [-0.2, -0.15) is 18.3 Å². The van der Waals surface area contributed by atoms with Gasteiger partial charge in [0.15, 0.2) is 11.5 Å². The molecule has 1 saturated heterocycles. The van der Waals surface area contributed by atoms with Crippen LogP contribution >= 0.6 is 0 Å². The zero-order valence-corrected chi connectivity index (χ0v) is 22.7. The number of nitrogens with zero attached hydrogens (tertiary/aromatic N) is 6. The summed E-state index contributed by atoms with van der Waals surface area (Å²) in [5.74, 6) is -0.540. The van der Waals surface area contributed by atoms with Gasteiger partial charge in [0.25, 0.3) is 5.91 Å². The fourth-order valence-electron chi connectivity index (χ4n) is 5.51. The molecular weight excluding hydrogens is 542 g/mol. The molecule has 0 radical (unpaired) electrons. The fraction of sp³-hybridized carbons (Fsp3) is 0.393. The Morgan fingerprint density at radius 3 is 2.54 bits per heavy atom. The molecular formula is C28H29F4N7O2. The van der Waals surface area contributed by atoms with Crippen molar-refractivity contribution >= 4 is 11.8 Å². The van der Waals surface area contributed by atoms with Gasteiger partial charge in [-0.1, -0.05) is 12.1 Å². The van der Waals surface area contributed by atoms with Crippen LogP contribution in [-0.4, -0.2) is 67.8 Å². The van der Waals surface area contributed by atoms with Crippen LogP contribution in [0.25, 0.3) is 5.82 Å². The summed E-state index contributed by atoms with van der Waals surface area (Å²) < 4.78 is 53.7. The molecule has 0 saturated carbocycles. The summed E-state index contributed by atoms with van der Waals surface area (Å²) in [6.07, 6.45) is -2.14. The molecule has 2 atom stereocenters. The Kier molecular flexibility index (Phi) is 7.64. The van der Waals surface area contributed by atoms with Crippen molar-refractivity contribution in [2.75, 3.05) is 26.2 Å². The number of aryl methyl sites for hydroxylation is 1. The third-order valence-corrected chi connectivity index (χ3v) is 7.43. The molecule has 2 aliphatic rings. The minimum Gasteiger partial charge on any atom is -0.349 e. The van der Waals surface area contributed by atoms with E-state index < -0.39 is 11.9 Å².